The summed E-state index contributed by atoms with van der Waals surface area (Å²) in [6, 6.07) is 18.2. The molecule has 158 valence electrons. The molecule has 6 heteroatoms. The molecule has 3 rings (SSSR count). The first kappa shape index (κ1) is 21.6. The van der Waals surface area contributed by atoms with Crippen molar-refractivity contribution in [1.29, 1.82) is 0 Å². The molecule has 0 saturated carbocycles. The molecule has 30 heavy (non-hydrogen) atoms. The summed E-state index contributed by atoms with van der Waals surface area (Å²) in [4.78, 5) is 15.1. The van der Waals surface area contributed by atoms with Crippen molar-refractivity contribution in [1.82, 2.24) is 20.0 Å². The van der Waals surface area contributed by atoms with Gasteiger partial charge in [0.05, 0.1) is 31.5 Å². The first-order valence-electron chi connectivity index (χ1n) is 10.4. The predicted molar refractivity (Wildman–Crippen MR) is 119 cm³/mol. The number of nitrogens with one attached hydrogen (secondary N) is 1. The molecule has 1 amide bonds. The minimum atomic E-state index is -0.116. The Morgan fingerprint density at radius 1 is 1.13 bits per heavy atom. The van der Waals surface area contributed by atoms with Gasteiger partial charge < -0.3 is 10.1 Å². The first-order chi connectivity index (χ1) is 14.6. The zero-order valence-corrected chi connectivity index (χ0v) is 17.9. The number of rotatable bonds is 10. The van der Waals surface area contributed by atoms with Crippen LogP contribution in [-0.2, 0) is 6.54 Å². The van der Waals surface area contributed by atoms with E-state index in [9.17, 15) is 4.79 Å². The molecule has 3 aromatic rings. The van der Waals surface area contributed by atoms with Crippen molar-refractivity contribution in [2.45, 2.75) is 26.4 Å². The molecule has 0 aliphatic rings. The number of carbonyl (C=O) groups excluding carboxylic acids is 1. The van der Waals surface area contributed by atoms with Crippen LogP contribution >= 0.6 is 0 Å². The molecule has 1 aromatic heterocycles. The number of carbonyl (C=O) groups is 1. The maximum atomic E-state index is 12.8. The molecular formula is C24H30N4O2. The van der Waals surface area contributed by atoms with E-state index in [1.165, 1.54) is 0 Å². The van der Waals surface area contributed by atoms with Crippen LogP contribution in [0.5, 0.6) is 5.75 Å². The quantitative estimate of drug-likeness (QED) is 0.557. The maximum Gasteiger partial charge on any atom is 0.254 e. The third-order valence-corrected chi connectivity index (χ3v) is 5.27. The highest BCUT2D eigenvalue weighted by Crippen LogP contribution is 2.24. The van der Waals surface area contributed by atoms with Crippen molar-refractivity contribution in [3.63, 3.8) is 0 Å². The van der Waals surface area contributed by atoms with Gasteiger partial charge in [-0.15, -0.1) is 0 Å². The number of nitrogens with zero attached hydrogens (tertiary/aromatic N) is 3. The Morgan fingerprint density at radius 2 is 1.90 bits per heavy atom. The molecule has 0 aliphatic heterocycles. The summed E-state index contributed by atoms with van der Waals surface area (Å²) < 4.78 is 7.17. The Hall–Kier alpha value is -3.12. The number of hydrogen-bond donors (Lipinski definition) is 1. The monoisotopic (exact) mass is 406 g/mol. The number of hydrogen-bond acceptors (Lipinski definition) is 4. The van der Waals surface area contributed by atoms with E-state index in [-0.39, 0.29) is 11.9 Å². The second-order valence-corrected chi connectivity index (χ2v) is 7.14. The smallest absolute Gasteiger partial charge is 0.254 e. The van der Waals surface area contributed by atoms with Gasteiger partial charge in [0.2, 0.25) is 0 Å². The molecule has 1 heterocycles. The minimum absolute atomic E-state index is 0.0680. The molecule has 2 aromatic carbocycles. The van der Waals surface area contributed by atoms with Gasteiger partial charge in [-0.25, -0.2) is 0 Å². The van der Waals surface area contributed by atoms with Crippen molar-refractivity contribution >= 4 is 5.91 Å². The standard InChI is InChI=1S/C24H30N4O2/c1-4-27(5-2)23(20-12-9-13-22(14-20)30-3)16-25-24(29)21-15-26-28(18-21)17-19-10-7-6-8-11-19/h6-15,18,23H,4-5,16-17H2,1-3H3,(H,25,29). The molecule has 1 atom stereocenters. The van der Waals surface area contributed by atoms with Crippen molar-refractivity contribution in [3.05, 3.63) is 83.7 Å². The molecule has 0 aliphatic carbocycles. The summed E-state index contributed by atoms with van der Waals surface area (Å²) in [5.41, 5.74) is 2.83. The normalized spacial score (nSPS) is 12.0. The van der Waals surface area contributed by atoms with Crippen LogP contribution in [0.4, 0.5) is 0 Å². The predicted octanol–water partition coefficient (Wildman–Crippen LogP) is 3.75. The van der Waals surface area contributed by atoms with Crippen molar-refractivity contribution in [2.24, 2.45) is 0 Å². The number of amides is 1. The van der Waals surface area contributed by atoms with E-state index in [0.29, 0.717) is 18.7 Å². The highest BCUT2D eigenvalue weighted by atomic mass is 16.5. The summed E-state index contributed by atoms with van der Waals surface area (Å²) in [5, 5.41) is 7.42. The summed E-state index contributed by atoms with van der Waals surface area (Å²) in [6.07, 6.45) is 3.41. The summed E-state index contributed by atoms with van der Waals surface area (Å²) in [5.74, 6) is 0.701. The highest BCUT2D eigenvalue weighted by molar-refractivity contribution is 5.93. The highest BCUT2D eigenvalue weighted by Gasteiger charge is 2.20. The van der Waals surface area contributed by atoms with Gasteiger partial charge in [0.25, 0.3) is 5.91 Å². The molecule has 0 bridgehead atoms. The third-order valence-electron chi connectivity index (χ3n) is 5.27. The summed E-state index contributed by atoms with van der Waals surface area (Å²) in [6.45, 7) is 7.20. The number of methoxy groups -OCH3 is 1. The van der Waals surface area contributed by atoms with E-state index in [4.69, 9.17) is 4.74 Å². The van der Waals surface area contributed by atoms with E-state index in [2.05, 4.69) is 35.2 Å². The number of likely N-dealkylation sites (N-methyl/N-ethyl adjacent to an activating group) is 1. The van der Waals surface area contributed by atoms with Crippen LogP contribution in [0.15, 0.2) is 67.0 Å². The van der Waals surface area contributed by atoms with Gasteiger partial charge in [0.15, 0.2) is 0 Å². The summed E-state index contributed by atoms with van der Waals surface area (Å²) >= 11 is 0. The van der Waals surface area contributed by atoms with Gasteiger partial charge in [0, 0.05) is 12.7 Å². The summed E-state index contributed by atoms with van der Waals surface area (Å²) in [7, 11) is 1.67. The van der Waals surface area contributed by atoms with Gasteiger partial charge in [-0.3, -0.25) is 14.4 Å². The van der Waals surface area contributed by atoms with Gasteiger partial charge in [-0.1, -0.05) is 56.3 Å². The van der Waals surface area contributed by atoms with Gasteiger partial charge in [0.1, 0.15) is 5.75 Å². The Balaban J connectivity index is 1.68. The largest absolute Gasteiger partial charge is 0.497 e. The van der Waals surface area contributed by atoms with Crippen LogP contribution in [0.2, 0.25) is 0 Å². The zero-order chi connectivity index (χ0) is 21.3. The molecule has 0 saturated heterocycles. The third kappa shape index (κ3) is 5.48. The Labute approximate surface area is 178 Å². The van der Waals surface area contributed by atoms with E-state index < -0.39 is 0 Å². The average Bonchev–Trinajstić information content (AvgIpc) is 3.25. The number of aromatic nitrogens is 2. The van der Waals surface area contributed by atoms with Crippen molar-refractivity contribution in [3.8, 4) is 5.75 Å². The van der Waals surface area contributed by atoms with Crippen LogP contribution in [0, 0.1) is 0 Å². The topological polar surface area (TPSA) is 59.4 Å². The van der Waals surface area contributed by atoms with E-state index in [1.54, 1.807) is 24.2 Å². The number of ether oxygens (including phenoxy) is 1. The van der Waals surface area contributed by atoms with Gasteiger partial charge >= 0.3 is 0 Å². The molecule has 6 nitrogen and oxygen atoms in total. The Morgan fingerprint density at radius 3 is 2.60 bits per heavy atom. The molecule has 1 N–H and O–H groups in total. The molecule has 1 unspecified atom stereocenters. The SMILES string of the molecule is CCN(CC)C(CNC(=O)c1cnn(Cc2ccccc2)c1)c1cccc(OC)c1. The second kappa shape index (κ2) is 10.6. The van der Waals surface area contributed by atoms with Crippen LogP contribution in [-0.4, -0.2) is 47.3 Å². The van der Waals surface area contributed by atoms with Crippen LogP contribution in [0.3, 0.4) is 0 Å². The fourth-order valence-corrected chi connectivity index (χ4v) is 3.60. The fourth-order valence-electron chi connectivity index (χ4n) is 3.60. The molecular weight excluding hydrogens is 376 g/mol. The zero-order valence-electron chi connectivity index (χ0n) is 17.9. The average molecular weight is 407 g/mol. The van der Waals surface area contributed by atoms with Crippen LogP contribution in [0.25, 0.3) is 0 Å². The lowest BCUT2D eigenvalue weighted by molar-refractivity contribution is 0.0935. The minimum Gasteiger partial charge on any atom is -0.497 e. The van der Waals surface area contributed by atoms with Crippen molar-refractivity contribution < 1.29 is 9.53 Å². The Bertz CT molecular complexity index is 935. The van der Waals surface area contributed by atoms with Crippen LogP contribution in [0.1, 0.15) is 41.4 Å². The Kier molecular flexibility index (Phi) is 7.63. The lowest BCUT2D eigenvalue weighted by Crippen LogP contribution is -2.38. The lowest BCUT2D eigenvalue weighted by atomic mass is 10.0. The van der Waals surface area contributed by atoms with E-state index in [1.807, 2.05) is 48.5 Å². The second-order valence-electron chi connectivity index (χ2n) is 7.14. The van der Waals surface area contributed by atoms with E-state index in [0.717, 1.165) is 30.0 Å². The number of benzene rings is 2. The fraction of sp³-hybridized carbons (Fsp3) is 0.333. The van der Waals surface area contributed by atoms with Gasteiger partial charge in [-0.2, -0.15) is 5.10 Å². The van der Waals surface area contributed by atoms with Crippen molar-refractivity contribution in [2.75, 3.05) is 26.7 Å². The van der Waals surface area contributed by atoms with Crippen LogP contribution < -0.4 is 10.1 Å². The van der Waals surface area contributed by atoms with E-state index >= 15 is 0 Å². The molecule has 0 radical (unpaired) electrons. The maximum absolute atomic E-state index is 12.8. The molecule has 0 spiro atoms. The lowest BCUT2D eigenvalue weighted by Gasteiger charge is -2.30. The first-order valence-corrected chi connectivity index (χ1v) is 10.4. The van der Waals surface area contributed by atoms with Gasteiger partial charge in [-0.05, 0) is 36.3 Å². The molecule has 0 fully saturated rings.